The van der Waals surface area contributed by atoms with E-state index in [4.69, 9.17) is 9.47 Å². The Balaban J connectivity index is 1.68. The van der Waals surface area contributed by atoms with E-state index in [-0.39, 0.29) is 17.8 Å². The molecule has 1 saturated heterocycles. The van der Waals surface area contributed by atoms with Crippen molar-refractivity contribution in [3.8, 4) is 11.5 Å². The zero-order chi connectivity index (χ0) is 19.8. The van der Waals surface area contributed by atoms with Crippen molar-refractivity contribution < 1.29 is 19.4 Å². The van der Waals surface area contributed by atoms with E-state index in [0.29, 0.717) is 32.5 Å². The largest absolute Gasteiger partial charge is 0.508 e. The van der Waals surface area contributed by atoms with Crippen LogP contribution < -0.4 is 4.74 Å². The van der Waals surface area contributed by atoms with Crippen molar-refractivity contribution in [1.82, 2.24) is 4.90 Å². The molecule has 1 aliphatic heterocycles. The summed E-state index contributed by atoms with van der Waals surface area (Å²) >= 11 is 0. The van der Waals surface area contributed by atoms with Gasteiger partial charge >= 0.3 is 0 Å². The quantitative estimate of drug-likeness (QED) is 0.713. The van der Waals surface area contributed by atoms with E-state index >= 15 is 0 Å². The fourth-order valence-corrected chi connectivity index (χ4v) is 3.55. The number of hydrogen-bond acceptors (Lipinski definition) is 4. The van der Waals surface area contributed by atoms with Gasteiger partial charge in [0.25, 0.3) is 0 Å². The van der Waals surface area contributed by atoms with Gasteiger partial charge in [0, 0.05) is 31.7 Å². The lowest BCUT2D eigenvalue weighted by Gasteiger charge is -2.26. The maximum atomic E-state index is 13.0. The highest BCUT2D eigenvalue weighted by molar-refractivity contribution is 5.76. The Morgan fingerprint density at radius 3 is 2.64 bits per heavy atom. The first-order valence-electron chi connectivity index (χ1n) is 10.0. The highest BCUT2D eigenvalue weighted by Crippen LogP contribution is 2.23. The van der Waals surface area contributed by atoms with E-state index in [1.54, 1.807) is 12.1 Å². The molecule has 5 nitrogen and oxygen atoms in total. The molecule has 1 fully saturated rings. The van der Waals surface area contributed by atoms with Crippen LogP contribution in [0.5, 0.6) is 11.5 Å². The number of para-hydroxylation sites is 2. The fourth-order valence-electron chi connectivity index (χ4n) is 3.55. The summed E-state index contributed by atoms with van der Waals surface area (Å²) in [6, 6.07) is 15.0. The van der Waals surface area contributed by atoms with Gasteiger partial charge in [0.1, 0.15) is 11.5 Å². The third-order valence-electron chi connectivity index (χ3n) is 5.03. The van der Waals surface area contributed by atoms with Gasteiger partial charge < -0.3 is 19.5 Å². The van der Waals surface area contributed by atoms with Gasteiger partial charge in [0.15, 0.2) is 0 Å². The van der Waals surface area contributed by atoms with Gasteiger partial charge in [-0.2, -0.15) is 0 Å². The molecular weight excluding hydrogens is 354 g/mol. The minimum atomic E-state index is 0.0602. The SMILES string of the molecule is CCOc1ccccc1CCC(=O)N(Cc1ccccc1O)CC1CCCO1. The minimum absolute atomic E-state index is 0.0602. The van der Waals surface area contributed by atoms with Crippen molar-refractivity contribution in [2.45, 2.75) is 45.3 Å². The Hall–Kier alpha value is -2.53. The molecule has 1 unspecified atom stereocenters. The molecule has 28 heavy (non-hydrogen) atoms. The van der Waals surface area contributed by atoms with E-state index in [9.17, 15) is 9.90 Å². The average Bonchev–Trinajstić information content (AvgIpc) is 3.21. The first-order valence-corrected chi connectivity index (χ1v) is 10.0. The lowest BCUT2D eigenvalue weighted by atomic mass is 10.1. The monoisotopic (exact) mass is 383 g/mol. The Labute approximate surface area is 166 Å². The van der Waals surface area contributed by atoms with Crippen molar-refractivity contribution in [2.24, 2.45) is 0 Å². The molecular formula is C23H29NO4. The minimum Gasteiger partial charge on any atom is -0.508 e. The van der Waals surface area contributed by atoms with E-state index in [2.05, 4.69) is 0 Å². The number of carbonyl (C=O) groups is 1. The molecule has 0 radical (unpaired) electrons. The molecule has 2 aromatic rings. The third-order valence-corrected chi connectivity index (χ3v) is 5.03. The highest BCUT2D eigenvalue weighted by Gasteiger charge is 2.23. The summed E-state index contributed by atoms with van der Waals surface area (Å²) in [7, 11) is 0. The summed E-state index contributed by atoms with van der Waals surface area (Å²) in [5.74, 6) is 1.11. The van der Waals surface area contributed by atoms with E-state index in [1.165, 1.54) is 0 Å². The third kappa shape index (κ3) is 5.49. The lowest BCUT2D eigenvalue weighted by Crippen LogP contribution is -2.37. The smallest absolute Gasteiger partial charge is 0.223 e. The topological polar surface area (TPSA) is 59.0 Å². The first kappa shape index (κ1) is 20.2. The molecule has 2 aromatic carbocycles. The van der Waals surface area contributed by atoms with Crippen LogP contribution >= 0.6 is 0 Å². The molecule has 3 rings (SSSR count). The standard InChI is InChI=1S/C23H29NO4/c1-2-27-22-12-6-4-8-18(22)13-14-23(26)24(17-20-10-7-15-28-20)16-19-9-3-5-11-21(19)25/h3-6,8-9,11-12,20,25H,2,7,10,13-17H2,1H3. The number of benzene rings is 2. The fraction of sp³-hybridized carbons (Fsp3) is 0.435. The van der Waals surface area contributed by atoms with Crippen molar-refractivity contribution >= 4 is 5.91 Å². The zero-order valence-corrected chi connectivity index (χ0v) is 16.5. The van der Waals surface area contributed by atoms with E-state index in [1.807, 2.05) is 48.2 Å². The maximum absolute atomic E-state index is 13.0. The van der Waals surface area contributed by atoms with Crippen molar-refractivity contribution in [1.29, 1.82) is 0 Å². The molecule has 0 aliphatic carbocycles. The summed E-state index contributed by atoms with van der Waals surface area (Å²) in [5.41, 5.74) is 1.79. The summed E-state index contributed by atoms with van der Waals surface area (Å²) in [6.07, 6.45) is 3.09. The highest BCUT2D eigenvalue weighted by atomic mass is 16.5. The van der Waals surface area contributed by atoms with Crippen LogP contribution in [-0.2, 0) is 22.5 Å². The number of ether oxygens (including phenoxy) is 2. The molecule has 1 amide bonds. The van der Waals surface area contributed by atoms with Crippen LogP contribution in [0.15, 0.2) is 48.5 Å². The van der Waals surface area contributed by atoms with Crippen molar-refractivity contribution in [2.75, 3.05) is 19.8 Å². The Kier molecular flexibility index (Phi) is 7.31. The average molecular weight is 383 g/mol. The Morgan fingerprint density at radius 2 is 1.93 bits per heavy atom. The molecule has 150 valence electrons. The number of nitrogens with zero attached hydrogens (tertiary/aromatic N) is 1. The van der Waals surface area contributed by atoms with Crippen LogP contribution in [0.1, 0.15) is 37.3 Å². The van der Waals surface area contributed by atoms with Gasteiger partial charge in [-0.3, -0.25) is 4.79 Å². The molecule has 1 N–H and O–H groups in total. The molecule has 1 heterocycles. The first-order chi connectivity index (χ1) is 13.7. The Bertz CT molecular complexity index is 771. The predicted octanol–water partition coefficient (Wildman–Crippen LogP) is 3.93. The summed E-state index contributed by atoms with van der Waals surface area (Å²) in [6.45, 7) is 4.25. The predicted molar refractivity (Wildman–Crippen MR) is 108 cm³/mol. The van der Waals surface area contributed by atoms with Gasteiger partial charge in [0.2, 0.25) is 5.91 Å². The van der Waals surface area contributed by atoms with E-state index < -0.39 is 0 Å². The Morgan fingerprint density at radius 1 is 1.18 bits per heavy atom. The van der Waals surface area contributed by atoms with Gasteiger partial charge in [-0.1, -0.05) is 36.4 Å². The molecule has 0 bridgehead atoms. The van der Waals surface area contributed by atoms with Gasteiger partial charge in [-0.25, -0.2) is 0 Å². The van der Waals surface area contributed by atoms with Crippen LogP contribution in [0.3, 0.4) is 0 Å². The number of amides is 1. The number of phenolic OH excluding ortho intramolecular Hbond substituents is 1. The number of phenols is 1. The second-order valence-electron chi connectivity index (χ2n) is 7.08. The molecule has 0 aromatic heterocycles. The van der Waals surface area contributed by atoms with Crippen LogP contribution in [0, 0.1) is 0 Å². The van der Waals surface area contributed by atoms with Crippen LogP contribution in [-0.4, -0.2) is 41.8 Å². The molecule has 1 aliphatic rings. The van der Waals surface area contributed by atoms with Gasteiger partial charge in [-0.05, 0) is 43.9 Å². The molecule has 0 saturated carbocycles. The zero-order valence-electron chi connectivity index (χ0n) is 16.5. The van der Waals surface area contributed by atoms with Crippen LogP contribution in [0.25, 0.3) is 0 Å². The summed E-state index contributed by atoms with van der Waals surface area (Å²) < 4.78 is 11.4. The number of rotatable bonds is 9. The number of carbonyl (C=O) groups excluding carboxylic acids is 1. The van der Waals surface area contributed by atoms with E-state index in [0.717, 1.165) is 36.3 Å². The van der Waals surface area contributed by atoms with Gasteiger partial charge in [0.05, 0.1) is 12.7 Å². The number of aryl methyl sites for hydroxylation is 1. The summed E-state index contributed by atoms with van der Waals surface area (Å²) in [4.78, 5) is 14.9. The van der Waals surface area contributed by atoms with Crippen molar-refractivity contribution in [3.63, 3.8) is 0 Å². The van der Waals surface area contributed by atoms with Crippen molar-refractivity contribution in [3.05, 3.63) is 59.7 Å². The summed E-state index contributed by atoms with van der Waals surface area (Å²) in [5, 5.41) is 10.1. The second-order valence-corrected chi connectivity index (χ2v) is 7.08. The molecule has 5 heteroatoms. The second kappa shape index (κ2) is 10.1. The van der Waals surface area contributed by atoms with Crippen LogP contribution in [0.2, 0.25) is 0 Å². The molecule has 0 spiro atoms. The maximum Gasteiger partial charge on any atom is 0.223 e. The number of hydrogen-bond donors (Lipinski definition) is 1. The molecule has 1 atom stereocenters. The lowest BCUT2D eigenvalue weighted by molar-refractivity contribution is -0.133. The van der Waals surface area contributed by atoms with Crippen LogP contribution in [0.4, 0.5) is 0 Å². The van der Waals surface area contributed by atoms with Gasteiger partial charge in [-0.15, -0.1) is 0 Å². The number of aromatic hydroxyl groups is 1. The normalized spacial score (nSPS) is 16.1.